The number of aromatic nitrogens is 1. The maximum Gasteiger partial charge on any atom is 0.231 e. The van der Waals surface area contributed by atoms with Gasteiger partial charge in [-0.15, -0.1) is 11.6 Å². The van der Waals surface area contributed by atoms with E-state index in [9.17, 15) is 0 Å². The van der Waals surface area contributed by atoms with Crippen molar-refractivity contribution in [2.24, 2.45) is 0 Å². The van der Waals surface area contributed by atoms with Gasteiger partial charge in [0, 0.05) is 17.3 Å². The van der Waals surface area contributed by atoms with Gasteiger partial charge in [0.2, 0.25) is 6.79 Å². The Morgan fingerprint density at radius 1 is 1.22 bits per heavy atom. The first kappa shape index (κ1) is 11.4. The van der Waals surface area contributed by atoms with Crippen molar-refractivity contribution in [3.05, 3.63) is 23.8 Å². The summed E-state index contributed by atoms with van der Waals surface area (Å²) < 4.78 is 10.7. The number of hydrogen-bond donors (Lipinski definition) is 1. The van der Waals surface area contributed by atoms with E-state index in [4.69, 9.17) is 26.8 Å². The molecule has 0 saturated carbocycles. The smallest absolute Gasteiger partial charge is 0.231 e. The molecule has 4 nitrogen and oxygen atoms in total. The van der Waals surface area contributed by atoms with Crippen molar-refractivity contribution in [3.63, 3.8) is 0 Å². The second kappa shape index (κ2) is 4.53. The van der Waals surface area contributed by atoms with E-state index >= 15 is 0 Å². The number of rotatable bonds is 3. The fourth-order valence-corrected chi connectivity index (χ4v) is 2.21. The lowest BCUT2D eigenvalue weighted by Gasteiger charge is -2.07. The van der Waals surface area contributed by atoms with Crippen LogP contribution in [0.2, 0.25) is 0 Å². The number of pyridine rings is 1. The number of nitrogens with zero attached hydrogens (tertiary/aromatic N) is 1. The molecule has 3 rings (SSSR count). The first-order chi connectivity index (χ1) is 8.78. The second-order valence-corrected chi connectivity index (χ2v) is 4.60. The summed E-state index contributed by atoms with van der Waals surface area (Å²) in [5.74, 6) is 2.67. The molecule has 18 heavy (non-hydrogen) atoms. The first-order valence-electron chi connectivity index (χ1n) is 5.82. The van der Waals surface area contributed by atoms with E-state index < -0.39 is 0 Å². The molecule has 1 aliphatic rings. The van der Waals surface area contributed by atoms with E-state index in [-0.39, 0.29) is 6.79 Å². The van der Waals surface area contributed by atoms with Crippen LogP contribution in [0.5, 0.6) is 11.5 Å². The lowest BCUT2D eigenvalue weighted by Crippen LogP contribution is -1.99. The lowest BCUT2D eigenvalue weighted by atomic mass is 10.1. The zero-order chi connectivity index (χ0) is 12.5. The highest BCUT2D eigenvalue weighted by Crippen LogP contribution is 2.36. The molecule has 0 unspecified atom stereocenters. The van der Waals surface area contributed by atoms with Crippen LogP contribution in [0, 0.1) is 0 Å². The molecular weight excluding hydrogens is 252 g/mol. The number of anilines is 1. The minimum atomic E-state index is 0.264. The fraction of sp³-hybridized carbons (Fsp3) is 0.308. The Morgan fingerprint density at radius 3 is 2.78 bits per heavy atom. The molecule has 0 saturated heterocycles. The zero-order valence-electron chi connectivity index (χ0n) is 9.78. The molecule has 0 aliphatic carbocycles. The molecular formula is C13H13ClN2O2. The molecule has 5 heteroatoms. The number of hydrogen-bond acceptors (Lipinski definition) is 4. The Kier molecular flexibility index (Phi) is 2.88. The van der Waals surface area contributed by atoms with Crippen LogP contribution in [-0.4, -0.2) is 17.7 Å². The molecule has 2 N–H and O–H groups in total. The summed E-state index contributed by atoms with van der Waals surface area (Å²) in [5.41, 5.74) is 7.80. The number of benzene rings is 1. The Bertz CT molecular complexity index is 601. The molecule has 1 aromatic carbocycles. The number of ether oxygens (including phenoxy) is 2. The quantitative estimate of drug-likeness (QED) is 0.866. The van der Waals surface area contributed by atoms with Crippen molar-refractivity contribution < 1.29 is 9.47 Å². The van der Waals surface area contributed by atoms with Crippen molar-refractivity contribution >= 4 is 28.3 Å². The molecule has 0 radical (unpaired) electrons. The fourth-order valence-electron chi connectivity index (χ4n) is 2.08. The van der Waals surface area contributed by atoms with Crippen molar-refractivity contribution in [2.45, 2.75) is 12.8 Å². The molecule has 0 fully saturated rings. The third-order valence-corrected chi connectivity index (χ3v) is 3.27. The highest BCUT2D eigenvalue weighted by molar-refractivity contribution is 6.17. The summed E-state index contributed by atoms with van der Waals surface area (Å²) in [6, 6.07) is 5.85. The summed E-state index contributed by atoms with van der Waals surface area (Å²) >= 11 is 5.70. The van der Waals surface area contributed by atoms with Crippen LogP contribution in [0.4, 0.5) is 5.82 Å². The van der Waals surface area contributed by atoms with Gasteiger partial charge in [-0.2, -0.15) is 0 Å². The largest absolute Gasteiger partial charge is 0.454 e. The number of halogens is 1. The number of aryl methyl sites for hydroxylation is 1. The highest BCUT2D eigenvalue weighted by Gasteiger charge is 2.15. The van der Waals surface area contributed by atoms with Crippen LogP contribution in [-0.2, 0) is 6.42 Å². The van der Waals surface area contributed by atoms with Crippen LogP contribution in [0.15, 0.2) is 18.2 Å². The van der Waals surface area contributed by atoms with Crippen LogP contribution >= 0.6 is 11.6 Å². The molecule has 0 bridgehead atoms. The van der Waals surface area contributed by atoms with E-state index in [1.165, 1.54) is 0 Å². The standard InChI is InChI=1S/C13H13ClN2O2/c14-3-1-2-8-4-9-5-11-12(18-7-17-11)6-10(9)16-13(8)15/h4-6H,1-3,7H2,(H2,15,16). The van der Waals surface area contributed by atoms with Gasteiger partial charge in [0.15, 0.2) is 11.5 Å². The van der Waals surface area contributed by atoms with E-state index in [0.29, 0.717) is 11.7 Å². The van der Waals surface area contributed by atoms with Gasteiger partial charge < -0.3 is 15.2 Å². The predicted octanol–water partition coefficient (Wildman–Crippen LogP) is 2.72. The second-order valence-electron chi connectivity index (χ2n) is 4.22. The minimum Gasteiger partial charge on any atom is -0.454 e. The molecule has 1 aliphatic heterocycles. The van der Waals surface area contributed by atoms with Gasteiger partial charge in [0.1, 0.15) is 5.82 Å². The molecule has 2 aromatic rings. The van der Waals surface area contributed by atoms with Gasteiger partial charge in [-0.25, -0.2) is 4.98 Å². The molecule has 0 atom stereocenters. The van der Waals surface area contributed by atoms with Crippen molar-refractivity contribution in [2.75, 3.05) is 18.4 Å². The summed E-state index contributed by atoms with van der Waals surface area (Å²) in [5, 5.41) is 1.01. The molecule has 94 valence electrons. The van der Waals surface area contributed by atoms with Crippen molar-refractivity contribution in [1.82, 2.24) is 4.98 Å². The molecule has 1 aromatic heterocycles. The van der Waals surface area contributed by atoms with Gasteiger partial charge in [0.25, 0.3) is 0 Å². The van der Waals surface area contributed by atoms with E-state index in [1.807, 2.05) is 18.2 Å². The third-order valence-electron chi connectivity index (χ3n) is 3.00. The number of nitrogens with two attached hydrogens (primary N) is 1. The lowest BCUT2D eigenvalue weighted by molar-refractivity contribution is 0.174. The van der Waals surface area contributed by atoms with Gasteiger partial charge >= 0.3 is 0 Å². The Labute approximate surface area is 110 Å². The van der Waals surface area contributed by atoms with Gasteiger partial charge in [0.05, 0.1) is 5.52 Å². The highest BCUT2D eigenvalue weighted by atomic mass is 35.5. The monoisotopic (exact) mass is 264 g/mol. The number of nitrogen functional groups attached to an aromatic ring is 1. The summed E-state index contributed by atoms with van der Waals surface area (Å²) in [6.45, 7) is 0.264. The Hall–Kier alpha value is -1.68. The molecule has 2 heterocycles. The molecule has 0 spiro atoms. The number of alkyl halides is 1. The third kappa shape index (κ3) is 1.93. The molecule has 0 amide bonds. The van der Waals surface area contributed by atoms with Gasteiger partial charge in [-0.1, -0.05) is 0 Å². The van der Waals surface area contributed by atoms with E-state index in [0.717, 1.165) is 40.8 Å². The van der Waals surface area contributed by atoms with Crippen LogP contribution in [0.3, 0.4) is 0 Å². The average Bonchev–Trinajstić information content (AvgIpc) is 2.80. The minimum absolute atomic E-state index is 0.264. The average molecular weight is 265 g/mol. The first-order valence-corrected chi connectivity index (χ1v) is 6.36. The van der Waals surface area contributed by atoms with Crippen molar-refractivity contribution in [3.8, 4) is 11.5 Å². The van der Waals surface area contributed by atoms with E-state index in [2.05, 4.69) is 4.98 Å². The predicted molar refractivity (Wildman–Crippen MR) is 71.3 cm³/mol. The van der Waals surface area contributed by atoms with Gasteiger partial charge in [-0.05, 0) is 30.5 Å². The summed E-state index contributed by atoms with van der Waals surface area (Å²) in [6.07, 6.45) is 1.73. The van der Waals surface area contributed by atoms with Gasteiger partial charge in [-0.3, -0.25) is 0 Å². The summed E-state index contributed by atoms with van der Waals surface area (Å²) in [4.78, 5) is 4.41. The topological polar surface area (TPSA) is 57.4 Å². The summed E-state index contributed by atoms with van der Waals surface area (Å²) in [7, 11) is 0. The van der Waals surface area contributed by atoms with Crippen LogP contribution in [0.25, 0.3) is 10.9 Å². The maximum atomic E-state index is 5.95. The normalized spacial score (nSPS) is 13.2. The van der Waals surface area contributed by atoms with Crippen molar-refractivity contribution in [1.29, 1.82) is 0 Å². The number of fused-ring (bicyclic) bond motifs is 2. The van der Waals surface area contributed by atoms with Crippen LogP contribution in [0.1, 0.15) is 12.0 Å². The maximum absolute atomic E-state index is 5.95. The SMILES string of the molecule is Nc1nc2cc3c(cc2cc1CCCCl)OCO3. The zero-order valence-corrected chi connectivity index (χ0v) is 10.5. The van der Waals surface area contributed by atoms with Crippen LogP contribution < -0.4 is 15.2 Å². The Morgan fingerprint density at radius 2 is 2.00 bits per heavy atom. The Balaban J connectivity index is 2.08. The van der Waals surface area contributed by atoms with E-state index in [1.54, 1.807) is 0 Å².